The van der Waals surface area contributed by atoms with Gasteiger partial charge in [-0.1, -0.05) is 11.6 Å². The molecule has 0 atom stereocenters. The number of carbonyl (C=O) groups is 1. The minimum atomic E-state index is -2.93. The number of halogens is 5. The predicted octanol–water partition coefficient (Wildman–Crippen LogP) is 3.80. The lowest BCUT2D eigenvalue weighted by Crippen LogP contribution is -2.32. The monoisotopic (exact) mass is 430 g/mol. The first-order valence-electron chi connectivity index (χ1n) is 9.26. The van der Waals surface area contributed by atoms with Gasteiger partial charge >= 0.3 is 0 Å². The van der Waals surface area contributed by atoms with Crippen molar-refractivity contribution in [3.63, 3.8) is 0 Å². The van der Waals surface area contributed by atoms with E-state index in [1.807, 2.05) is 11.9 Å². The van der Waals surface area contributed by atoms with Gasteiger partial charge in [0, 0.05) is 32.1 Å². The van der Waals surface area contributed by atoms with Gasteiger partial charge in [-0.15, -0.1) is 0 Å². The molecule has 0 unspecified atom stereocenters. The van der Waals surface area contributed by atoms with Gasteiger partial charge in [0.15, 0.2) is 5.69 Å². The van der Waals surface area contributed by atoms with Crippen LogP contribution >= 0.6 is 11.6 Å². The van der Waals surface area contributed by atoms with E-state index in [0.29, 0.717) is 24.8 Å². The third-order valence-corrected chi connectivity index (χ3v) is 5.61. The minimum absolute atomic E-state index is 0.0197. The summed E-state index contributed by atoms with van der Waals surface area (Å²) in [6.45, 7) is 0.817. The van der Waals surface area contributed by atoms with Crippen molar-refractivity contribution in [2.45, 2.75) is 31.9 Å². The third-order valence-electron chi connectivity index (χ3n) is 5.32. The van der Waals surface area contributed by atoms with E-state index in [-0.39, 0.29) is 28.6 Å². The topological polar surface area (TPSA) is 41.4 Å². The van der Waals surface area contributed by atoms with Crippen LogP contribution in [0.2, 0.25) is 5.02 Å². The quantitative estimate of drug-likeness (QED) is 0.537. The summed E-state index contributed by atoms with van der Waals surface area (Å²) in [5.41, 5.74) is 0.513. The lowest BCUT2D eigenvalue weighted by Gasteiger charge is -2.17. The fourth-order valence-electron chi connectivity index (χ4n) is 3.85. The number of carbonyl (C=O) groups excluding carboxylic acids is 1. The number of fused-ring (bicyclic) bond motifs is 1. The van der Waals surface area contributed by atoms with Gasteiger partial charge in [-0.25, -0.2) is 22.5 Å². The van der Waals surface area contributed by atoms with E-state index in [9.17, 15) is 22.4 Å². The highest BCUT2D eigenvalue weighted by atomic mass is 35.5. The summed E-state index contributed by atoms with van der Waals surface area (Å²) >= 11 is 5.83. The lowest BCUT2D eigenvalue weighted by molar-refractivity contribution is 0.0119. The Balaban J connectivity index is 1.83. The molecule has 3 heterocycles. The summed E-state index contributed by atoms with van der Waals surface area (Å²) in [6, 6.07) is 1.80. The first-order valence-corrected chi connectivity index (χ1v) is 9.64. The second-order valence-electron chi connectivity index (χ2n) is 7.55. The van der Waals surface area contributed by atoms with E-state index in [1.165, 1.54) is 0 Å². The van der Waals surface area contributed by atoms with E-state index in [2.05, 4.69) is 4.98 Å². The third kappa shape index (κ3) is 3.73. The molecule has 2 aliphatic rings. The van der Waals surface area contributed by atoms with Crippen molar-refractivity contribution in [3.05, 3.63) is 40.2 Å². The highest BCUT2D eigenvalue weighted by molar-refractivity contribution is 6.31. The predicted molar refractivity (Wildman–Crippen MR) is 99.0 cm³/mol. The van der Waals surface area contributed by atoms with Crippen LogP contribution in [0, 0.1) is 11.6 Å². The van der Waals surface area contributed by atoms with Crippen LogP contribution in [0.5, 0.6) is 0 Å². The normalized spacial score (nSPS) is 19.3. The van der Waals surface area contributed by atoms with Gasteiger partial charge in [0.05, 0.1) is 22.8 Å². The number of nitrogens with zero attached hydrogens (tertiary/aromatic N) is 4. The number of alkyl halides is 2. The Bertz CT molecular complexity index is 978. The lowest BCUT2D eigenvalue weighted by atomic mass is 10.2. The Morgan fingerprint density at radius 3 is 2.62 bits per heavy atom. The van der Waals surface area contributed by atoms with Crippen molar-refractivity contribution < 1.29 is 22.4 Å². The van der Waals surface area contributed by atoms with Crippen LogP contribution in [0.3, 0.4) is 0 Å². The van der Waals surface area contributed by atoms with Gasteiger partial charge < -0.3 is 14.4 Å². The fourth-order valence-corrected chi connectivity index (χ4v) is 4.01. The molecule has 1 amide bonds. The summed E-state index contributed by atoms with van der Waals surface area (Å²) in [7, 11) is 1.87. The molecule has 5 nitrogen and oxygen atoms in total. The zero-order chi connectivity index (χ0) is 20.9. The maximum atomic E-state index is 14.5. The van der Waals surface area contributed by atoms with E-state index in [1.54, 1.807) is 4.57 Å². The first-order chi connectivity index (χ1) is 13.7. The summed E-state index contributed by atoms with van der Waals surface area (Å²) in [5.74, 6) is -5.15. The highest BCUT2D eigenvalue weighted by Crippen LogP contribution is 2.33. The standard InChI is InChI=1S/C19H19ClF4N4O/c1-26-4-2-5-28-15(9-26)16(18(29)27-6-3-19(23,24)10-27)25-17(28)11-7-12(20)14(22)8-13(11)21/h7-8H,2-6,9-10H2,1H3. The molecule has 0 spiro atoms. The van der Waals surface area contributed by atoms with Crippen molar-refractivity contribution in [1.82, 2.24) is 19.4 Å². The molecule has 0 bridgehead atoms. The highest BCUT2D eigenvalue weighted by Gasteiger charge is 2.42. The second kappa shape index (κ2) is 7.28. The number of hydrogen-bond acceptors (Lipinski definition) is 3. The molecule has 1 aromatic carbocycles. The van der Waals surface area contributed by atoms with E-state index < -0.39 is 36.4 Å². The van der Waals surface area contributed by atoms with Crippen molar-refractivity contribution >= 4 is 17.5 Å². The van der Waals surface area contributed by atoms with E-state index in [0.717, 1.165) is 23.9 Å². The molecule has 29 heavy (non-hydrogen) atoms. The fraction of sp³-hybridized carbons (Fsp3) is 0.474. The minimum Gasteiger partial charge on any atom is -0.331 e. The molecule has 0 saturated carbocycles. The molecule has 2 aromatic rings. The maximum absolute atomic E-state index is 14.5. The van der Waals surface area contributed by atoms with E-state index in [4.69, 9.17) is 11.6 Å². The smallest absolute Gasteiger partial charge is 0.274 e. The molecule has 0 radical (unpaired) electrons. The summed E-state index contributed by atoms with van der Waals surface area (Å²) in [4.78, 5) is 20.4. The Hall–Kier alpha value is -2.13. The molecule has 2 aliphatic heterocycles. The van der Waals surface area contributed by atoms with Gasteiger partial charge in [0.1, 0.15) is 17.5 Å². The molecular weight excluding hydrogens is 412 g/mol. The number of aromatic nitrogens is 2. The molecule has 156 valence electrons. The maximum Gasteiger partial charge on any atom is 0.274 e. The second-order valence-corrected chi connectivity index (χ2v) is 7.96. The van der Waals surface area contributed by atoms with Gasteiger partial charge in [0.2, 0.25) is 0 Å². The largest absolute Gasteiger partial charge is 0.331 e. The van der Waals surface area contributed by atoms with Gasteiger partial charge in [-0.05, 0) is 26.1 Å². The van der Waals surface area contributed by atoms with Crippen molar-refractivity contribution in [3.8, 4) is 11.4 Å². The molecule has 1 aromatic heterocycles. The van der Waals surface area contributed by atoms with Crippen LogP contribution in [-0.4, -0.2) is 57.9 Å². The van der Waals surface area contributed by atoms with Gasteiger partial charge in [-0.2, -0.15) is 0 Å². The van der Waals surface area contributed by atoms with Crippen LogP contribution in [0.4, 0.5) is 17.6 Å². The zero-order valence-electron chi connectivity index (χ0n) is 15.7. The van der Waals surface area contributed by atoms with Gasteiger partial charge in [0.25, 0.3) is 11.8 Å². The summed E-state index contributed by atoms with van der Waals surface area (Å²) in [5, 5.41) is -0.267. The summed E-state index contributed by atoms with van der Waals surface area (Å²) in [6.07, 6.45) is 0.322. The Morgan fingerprint density at radius 1 is 1.17 bits per heavy atom. The molecular formula is C19H19ClF4N4O. The Labute approximate surface area is 169 Å². The number of benzene rings is 1. The first kappa shape index (κ1) is 20.2. The van der Waals surface area contributed by atoms with Crippen molar-refractivity contribution in [2.24, 2.45) is 0 Å². The van der Waals surface area contributed by atoms with E-state index >= 15 is 0 Å². The number of hydrogen-bond donors (Lipinski definition) is 0. The molecule has 0 aliphatic carbocycles. The Kier molecular flexibility index (Phi) is 5.06. The molecule has 1 fully saturated rings. The number of rotatable bonds is 2. The average Bonchev–Trinajstić information content (AvgIpc) is 3.11. The average molecular weight is 431 g/mol. The van der Waals surface area contributed by atoms with Crippen LogP contribution in [0.15, 0.2) is 12.1 Å². The Morgan fingerprint density at radius 2 is 1.93 bits per heavy atom. The summed E-state index contributed by atoms with van der Waals surface area (Å²) < 4.78 is 57.1. The number of amides is 1. The molecule has 1 saturated heterocycles. The van der Waals surface area contributed by atoms with Crippen LogP contribution in [0.1, 0.15) is 29.0 Å². The van der Waals surface area contributed by atoms with Gasteiger partial charge in [-0.3, -0.25) is 4.79 Å². The SMILES string of the molecule is CN1CCCn2c(-c3cc(Cl)c(F)cc3F)nc(C(=O)N3CCC(F)(F)C3)c2C1. The molecule has 0 N–H and O–H groups in total. The van der Waals surface area contributed by atoms with Crippen LogP contribution in [-0.2, 0) is 13.1 Å². The van der Waals surface area contributed by atoms with Crippen molar-refractivity contribution in [2.75, 3.05) is 26.7 Å². The number of imidazole rings is 1. The van der Waals surface area contributed by atoms with Crippen LogP contribution < -0.4 is 0 Å². The zero-order valence-corrected chi connectivity index (χ0v) is 16.4. The van der Waals surface area contributed by atoms with Crippen LogP contribution in [0.25, 0.3) is 11.4 Å². The molecule has 4 rings (SSSR count). The molecule has 10 heteroatoms. The number of likely N-dealkylation sites (tertiary alicyclic amines) is 1. The van der Waals surface area contributed by atoms with Crippen molar-refractivity contribution in [1.29, 1.82) is 0 Å².